The highest BCUT2D eigenvalue weighted by Crippen LogP contribution is 2.21. The second kappa shape index (κ2) is 5.97. The van der Waals surface area contributed by atoms with E-state index in [0.717, 1.165) is 22.3 Å². The van der Waals surface area contributed by atoms with Gasteiger partial charge in [-0.3, -0.25) is 9.48 Å². The van der Waals surface area contributed by atoms with Gasteiger partial charge in [0.15, 0.2) is 5.65 Å². The fourth-order valence-corrected chi connectivity index (χ4v) is 3.27. The molecule has 3 aromatic rings. The third-order valence-corrected chi connectivity index (χ3v) is 4.67. The van der Waals surface area contributed by atoms with Gasteiger partial charge in [-0.25, -0.2) is 4.98 Å². The number of aromatic nitrogens is 3. The van der Waals surface area contributed by atoms with Crippen molar-refractivity contribution in [2.45, 2.75) is 33.6 Å². The van der Waals surface area contributed by atoms with E-state index in [1.807, 2.05) is 33.0 Å². The predicted molar refractivity (Wildman–Crippen MR) is 94.1 cm³/mol. The van der Waals surface area contributed by atoms with Crippen LogP contribution in [0.5, 0.6) is 0 Å². The summed E-state index contributed by atoms with van der Waals surface area (Å²) in [5, 5.41) is 8.27. The molecule has 2 aromatic heterocycles. The van der Waals surface area contributed by atoms with Crippen LogP contribution in [0.25, 0.3) is 11.0 Å². The molecule has 3 heterocycles. The Labute approximate surface area is 145 Å². The van der Waals surface area contributed by atoms with E-state index in [1.165, 1.54) is 11.1 Å². The Hall–Kier alpha value is -2.73. The van der Waals surface area contributed by atoms with Crippen molar-refractivity contribution in [3.05, 3.63) is 57.9 Å². The molecule has 0 aliphatic carbocycles. The summed E-state index contributed by atoms with van der Waals surface area (Å²) in [7, 11) is 1.86. The summed E-state index contributed by atoms with van der Waals surface area (Å²) < 4.78 is 7.17. The van der Waals surface area contributed by atoms with E-state index in [0.29, 0.717) is 31.0 Å². The highest BCUT2D eigenvalue weighted by molar-refractivity contribution is 5.98. The van der Waals surface area contributed by atoms with Crippen LogP contribution in [-0.4, -0.2) is 20.7 Å². The molecular formula is C19H20N4O2. The van der Waals surface area contributed by atoms with E-state index in [2.05, 4.69) is 27.5 Å². The Bertz CT molecular complexity index is 991. The van der Waals surface area contributed by atoms with Gasteiger partial charge in [0.05, 0.1) is 30.2 Å². The third kappa shape index (κ3) is 2.78. The van der Waals surface area contributed by atoms with Crippen LogP contribution in [-0.2, 0) is 31.5 Å². The number of benzene rings is 1. The first-order valence-electron chi connectivity index (χ1n) is 8.30. The van der Waals surface area contributed by atoms with Gasteiger partial charge in [0.2, 0.25) is 0 Å². The standard InChI is InChI=1S/C19H20N4O2/c1-11-17(7-16-12(2)22-23(3)18(16)21-11)19(24)20-8-13-4-5-14-9-25-10-15(14)6-13/h4-7H,8-10H2,1-3H3,(H,20,24). The number of carbonyl (C=O) groups is 1. The number of amides is 1. The quantitative estimate of drug-likeness (QED) is 0.798. The largest absolute Gasteiger partial charge is 0.372 e. The molecule has 4 rings (SSSR count). The molecule has 25 heavy (non-hydrogen) atoms. The minimum Gasteiger partial charge on any atom is -0.372 e. The van der Waals surface area contributed by atoms with Crippen LogP contribution in [0.2, 0.25) is 0 Å². The van der Waals surface area contributed by atoms with Gasteiger partial charge >= 0.3 is 0 Å². The Kier molecular flexibility index (Phi) is 3.77. The summed E-state index contributed by atoms with van der Waals surface area (Å²) >= 11 is 0. The fraction of sp³-hybridized carbons (Fsp3) is 0.316. The number of nitrogens with one attached hydrogen (secondary N) is 1. The molecule has 0 radical (unpaired) electrons. The maximum atomic E-state index is 12.6. The zero-order valence-electron chi connectivity index (χ0n) is 14.6. The summed E-state index contributed by atoms with van der Waals surface area (Å²) in [6.45, 7) is 5.58. The molecular weight excluding hydrogens is 316 g/mol. The zero-order valence-corrected chi connectivity index (χ0v) is 14.6. The van der Waals surface area contributed by atoms with Crippen LogP contribution in [0.15, 0.2) is 24.3 Å². The first-order valence-corrected chi connectivity index (χ1v) is 8.30. The average molecular weight is 336 g/mol. The van der Waals surface area contributed by atoms with Crippen molar-refractivity contribution in [2.24, 2.45) is 7.05 Å². The normalized spacial score (nSPS) is 13.2. The number of hydrogen-bond acceptors (Lipinski definition) is 4. The van der Waals surface area contributed by atoms with Crippen molar-refractivity contribution in [3.63, 3.8) is 0 Å². The molecule has 1 aliphatic rings. The average Bonchev–Trinajstić information content (AvgIpc) is 3.16. The zero-order chi connectivity index (χ0) is 17.6. The van der Waals surface area contributed by atoms with Crippen molar-refractivity contribution in [1.29, 1.82) is 0 Å². The molecule has 0 atom stereocenters. The second-order valence-corrected chi connectivity index (χ2v) is 6.48. The van der Waals surface area contributed by atoms with Gasteiger partial charge in [-0.15, -0.1) is 0 Å². The minimum atomic E-state index is -0.119. The number of rotatable bonds is 3. The van der Waals surface area contributed by atoms with E-state index < -0.39 is 0 Å². The molecule has 1 amide bonds. The van der Waals surface area contributed by atoms with Crippen LogP contribution in [0.1, 0.15) is 38.4 Å². The molecule has 0 saturated carbocycles. The number of carbonyl (C=O) groups excluding carboxylic acids is 1. The van der Waals surface area contributed by atoms with Crippen LogP contribution in [0, 0.1) is 13.8 Å². The Morgan fingerprint density at radius 3 is 2.84 bits per heavy atom. The molecule has 0 unspecified atom stereocenters. The highest BCUT2D eigenvalue weighted by Gasteiger charge is 2.16. The number of ether oxygens (including phenoxy) is 1. The Balaban J connectivity index is 1.56. The van der Waals surface area contributed by atoms with E-state index in [9.17, 15) is 4.79 Å². The number of hydrogen-bond donors (Lipinski definition) is 1. The fourth-order valence-electron chi connectivity index (χ4n) is 3.27. The van der Waals surface area contributed by atoms with Gasteiger partial charge < -0.3 is 10.1 Å². The molecule has 1 N–H and O–H groups in total. The summed E-state index contributed by atoms with van der Waals surface area (Å²) in [6, 6.07) is 8.09. The Morgan fingerprint density at radius 2 is 2.00 bits per heavy atom. The Morgan fingerprint density at radius 1 is 1.20 bits per heavy atom. The maximum absolute atomic E-state index is 12.6. The maximum Gasteiger partial charge on any atom is 0.253 e. The molecule has 6 nitrogen and oxygen atoms in total. The molecule has 0 bridgehead atoms. The molecule has 128 valence electrons. The SMILES string of the molecule is Cc1nc2c(cc1C(=O)NCc1ccc3c(c1)COC3)c(C)nn2C. The lowest BCUT2D eigenvalue weighted by molar-refractivity contribution is 0.0950. The lowest BCUT2D eigenvalue weighted by Gasteiger charge is -2.09. The van der Waals surface area contributed by atoms with Gasteiger partial charge in [0.25, 0.3) is 5.91 Å². The van der Waals surface area contributed by atoms with E-state index in [-0.39, 0.29) is 5.91 Å². The lowest BCUT2D eigenvalue weighted by Crippen LogP contribution is -2.24. The second-order valence-electron chi connectivity index (χ2n) is 6.48. The van der Waals surface area contributed by atoms with Crippen LogP contribution in [0.4, 0.5) is 0 Å². The molecule has 0 fully saturated rings. The molecule has 1 aliphatic heterocycles. The van der Waals surface area contributed by atoms with E-state index >= 15 is 0 Å². The van der Waals surface area contributed by atoms with Gasteiger partial charge in [-0.1, -0.05) is 18.2 Å². The summed E-state index contributed by atoms with van der Waals surface area (Å²) in [4.78, 5) is 17.2. The monoisotopic (exact) mass is 336 g/mol. The van der Waals surface area contributed by atoms with Crippen molar-refractivity contribution in [1.82, 2.24) is 20.1 Å². The first kappa shape index (κ1) is 15.8. The summed E-state index contributed by atoms with van der Waals surface area (Å²) in [5.74, 6) is -0.119. The van der Waals surface area contributed by atoms with Gasteiger partial charge in [0, 0.05) is 19.0 Å². The highest BCUT2D eigenvalue weighted by atomic mass is 16.5. The minimum absolute atomic E-state index is 0.119. The molecule has 1 aromatic carbocycles. The van der Waals surface area contributed by atoms with Crippen LogP contribution >= 0.6 is 0 Å². The lowest BCUT2D eigenvalue weighted by atomic mass is 10.1. The topological polar surface area (TPSA) is 69.0 Å². The smallest absolute Gasteiger partial charge is 0.253 e. The van der Waals surface area contributed by atoms with Crippen molar-refractivity contribution < 1.29 is 9.53 Å². The number of aryl methyl sites for hydroxylation is 3. The first-order chi connectivity index (χ1) is 12.0. The van der Waals surface area contributed by atoms with Gasteiger partial charge in [-0.05, 0) is 36.6 Å². The predicted octanol–water partition coefficient (Wildman–Crippen LogP) is 2.55. The third-order valence-electron chi connectivity index (χ3n) is 4.67. The molecule has 0 spiro atoms. The number of nitrogens with zero attached hydrogens (tertiary/aromatic N) is 3. The number of fused-ring (bicyclic) bond motifs is 2. The number of pyridine rings is 1. The summed E-state index contributed by atoms with van der Waals surface area (Å²) in [6.07, 6.45) is 0. The van der Waals surface area contributed by atoms with Crippen LogP contribution in [0.3, 0.4) is 0 Å². The van der Waals surface area contributed by atoms with E-state index in [1.54, 1.807) is 4.68 Å². The van der Waals surface area contributed by atoms with Crippen LogP contribution < -0.4 is 5.32 Å². The van der Waals surface area contributed by atoms with Crippen molar-refractivity contribution >= 4 is 16.9 Å². The van der Waals surface area contributed by atoms with Crippen molar-refractivity contribution in [3.8, 4) is 0 Å². The molecule has 6 heteroatoms. The van der Waals surface area contributed by atoms with E-state index in [4.69, 9.17) is 4.74 Å². The van der Waals surface area contributed by atoms with Crippen molar-refractivity contribution in [2.75, 3.05) is 0 Å². The van der Waals surface area contributed by atoms with Gasteiger partial charge in [-0.2, -0.15) is 5.10 Å². The van der Waals surface area contributed by atoms with Gasteiger partial charge in [0.1, 0.15) is 0 Å². The molecule has 0 saturated heterocycles. The summed E-state index contributed by atoms with van der Waals surface area (Å²) in [5.41, 5.74) is 6.47.